The zero-order chi connectivity index (χ0) is 22.2. The highest BCUT2D eigenvalue weighted by Crippen LogP contribution is 2.37. The molecule has 1 aromatic heterocycles. The van der Waals surface area contributed by atoms with Gasteiger partial charge in [0.05, 0.1) is 28.4 Å². The molecule has 0 saturated carbocycles. The van der Waals surface area contributed by atoms with Gasteiger partial charge in [0.25, 0.3) is 0 Å². The number of hydrogen-bond donors (Lipinski definition) is 0. The van der Waals surface area contributed by atoms with E-state index in [-0.39, 0.29) is 0 Å². The average molecular weight is 421 g/mol. The lowest BCUT2D eigenvalue weighted by Gasteiger charge is -2.15. The van der Waals surface area contributed by atoms with Crippen molar-refractivity contribution in [1.82, 2.24) is 4.57 Å². The summed E-state index contributed by atoms with van der Waals surface area (Å²) in [6.07, 6.45) is 0. The third kappa shape index (κ3) is 3.19. The van der Waals surface area contributed by atoms with Crippen molar-refractivity contribution in [3.05, 3.63) is 127 Å². The molecule has 0 spiro atoms. The van der Waals surface area contributed by atoms with Gasteiger partial charge in [-0.15, -0.1) is 0 Å². The molecule has 0 amide bonds. The van der Waals surface area contributed by atoms with Gasteiger partial charge in [-0.1, -0.05) is 84.9 Å². The largest absolute Gasteiger partial charge is 0.309 e. The molecule has 0 N–H and O–H groups in total. The molecule has 6 rings (SSSR count). The van der Waals surface area contributed by atoms with Crippen LogP contribution in [0.3, 0.4) is 0 Å². The summed E-state index contributed by atoms with van der Waals surface area (Å²) < 4.78 is 2.33. The van der Waals surface area contributed by atoms with Gasteiger partial charge in [-0.2, -0.15) is 5.26 Å². The van der Waals surface area contributed by atoms with Crippen LogP contribution in [0, 0.1) is 11.3 Å². The second-order valence-corrected chi connectivity index (χ2v) is 8.16. The van der Waals surface area contributed by atoms with Crippen LogP contribution < -0.4 is 0 Å². The Morgan fingerprint density at radius 3 is 1.79 bits per heavy atom. The van der Waals surface area contributed by atoms with Gasteiger partial charge >= 0.3 is 0 Å². The van der Waals surface area contributed by atoms with E-state index in [1.807, 2.05) is 30.3 Å². The van der Waals surface area contributed by atoms with Crippen LogP contribution in [0.4, 0.5) is 0 Å². The monoisotopic (exact) mass is 420 g/mol. The first-order valence-electron chi connectivity index (χ1n) is 11.0. The molecule has 0 aliphatic rings. The Morgan fingerprint density at radius 2 is 1.09 bits per heavy atom. The minimum absolute atomic E-state index is 0.656. The fraction of sp³-hybridized carbons (Fsp3) is 0. The lowest BCUT2D eigenvalue weighted by Crippen LogP contribution is -1.97. The highest BCUT2D eigenvalue weighted by molar-refractivity contribution is 6.09. The molecule has 2 nitrogen and oxygen atoms in total. The molecule has 2 heteroatoms. The van der Waals surface area contributed by atoms with E-state index < -0.39 is 0 Å². The molecule has 5 aromatic carbocycles. The number of aromatic nitrogens is 1. The molecule has 0 bridgehead atoms. The molecule has 154 valence electrons. The molecule has 0 saturated heterocycles. The van der Waals surface area contributed by atoms with Crippen LogP contribution in [-0.2, 0) is 0 Å². The summed E-state index contributed by atoms with van der Waals surface area (Å²) in [4.78, 5) is 0. The van der Waals surface area contributed by atoms with Crippen molar-refractivity contribution in [2.24, 2.45) is 0 Å². The maximum atomic E-state index is 9.76. The summed E-state index contributed by atoms with van der Waals surface area (Å²) in [5.41, 5.74) is 8.37. The maximum absolute atomic E-state index is 9.76. The predicted molar refractivity (Wildman–Crippen MR) is 136 cm³/mol. The van der Waals surface area contributed by atoms with E-state index in [0.717, 1.165) is 27.9 Å². The molecule has 33 heavy (non-hydrogen) atoms. The van der Waals surface area contributed by atoms with Crippen molar-refractivity contribution in [1.29, 1.82) is 5.26 Å². The molecular weight excluding hydrogens is 400 g/mol. The number of nitrogens with zero attached hydrogens (tertiary/aromatic N) is 2. The third-order valence-electron chi connectivity index (χ3n) is 6.21. The molecule has 0 fully saturated rings. The van der Waals surface area contributed by atoms with Gasteiger partial charge in [-0.25, -0.2) is 0 Å². The summed E-state index contributed by atoms with van der Waals surface area (Å²) in [7, 11) is 0. The lowest BCUT2D eigenvalue weighted by molar-refractivity contribution is 1.18. The Labute approximate surface area is 192 Å². The average Bonchev–Trinajstić information content (AvgIpc) is 3.23. The van der Waals surface area contributed by atoms with Crippen LogP contribution in [0.25, 0.3) is 49.7 Å². The SMILES string of the molecule is N#Cc1cc(-c2ccccc2)cc(-c2ccccc2-n2c3ccccc3c3ccccc32)c1. The van der Waals surface area contributed by atoms with Gasteiger partial charge in [0.1, 0.15) is 0 Å². The lowest BCUT2D eigenvalue weighted by atomic mass is 9.95. The Bertz CT molecular complexity index is 1610. The van der Waals surface area contributed by atoms with E-state index in [1.165, 1.54) is 21.8 Å². The number of fused-ring (bicyclic) bond motifs is 3. The van der Waals surface area contributed by atoms with Gasteiger partial charge in [0.2, 0.25) is 0 Å². The molecular formula is C31H20N2. The molecule has 0 atom stereocenters. The van der Waals surface area contributed by atoms with E-state index in [9.17, 15) is 5.26 Å². The number of benzene rings is 5. The van der Waals surface area contributed by atoms with Crippen LogP contribution in [0.5, 0.6) is 0 Å². The smallest absolute Gasteiger partial charge is 0.0992 e. The quantitative estimate of drug-likeness (QED) is 0.285. The second-order valence-electron chi connectivity index (χ2n) is 8.16. The maximum Gasteiger partial charge on any atom is 0.0992 e. The molecule has 0 unspecified atom stereocenters. The fourth-order valence-corrected chi connectivity index (χ4v) is 4.74. The summed E-state index contributed by atoms with van der Waals surface area (Å²) in [5.74, 6) is 0. The number of rotatable bonds is 3. The van der Waals surface area contributed by atoms with Crippen molar-refractivity contribution in [2.75, 3.05) is 0 Å². The van der Waals surface area contributed by atoms with Crippen molar-refractivity contribution in [3.63, 3.8) is 0 Å². The Hall–Kier alpha value is -4.61. The zero-order valence-electron chi connectivity index (χ0n) is 17.9. The van der Waals surface area contributed by atoms with E-state index in [1.54, 1.807) is 0 Å². The summed E-state index contributed by atoms with van der Waals surface area (Å²) in [6.45, 7) is 0. The Morgan fingerprint density at radius 1 is 0.515 bits per heavy atom. The third-order valence-corrected chi connectivity index (χ3v) is 6.21. The van der Waals surface area contributed by atoms with Crippen LogP contribution in [0.2, 0.25) is 0 Å². The standard InChI is InChI=1S/C31H20N2/c32-21-22-18-24(23-10-2-1-3-11-23)20-25(19-22)26-12-4-7-15-29(26)33-30-16-8-5-13-27(30)28-14-6-9-17-31(28)33/h1-20H. The van der Waals surface area contributed by atoms with Gasteiger partial charge < -0.3 is 4.57 Å². The van der Waals surface area contributed by atoms with Crippen LogP contribution >= 0.6 is 0 Å². The first kappa shape index (κ1) is 19.1. The normalized spacial score (nSPS) is 11.0. The Kier molecular flexibility index (Phi) is 4.53. The minimum Gasteiger partial charge on any atom is -0.309 e. The molecule has 0 aliphatic carbocycles. The van der Waals surface area contributed by atoms with Gasteiger partial charge in [0, 0.05) is 16.3 Å². The summed E-state index contributed by atoms with van der Waals surface area (Å²) in [5, 5.41) is 12.2. The topological polar surface area (TPSA) is 28.7 Å². The predicted octanol–water partition coefficient (Wildman–Crippen LogP) is 7.99. The zero-order valence-corrected chi connectivity index (χ0v) is 17.9. The number of hydrogen-bond acceptors (Lipinski definition) is 1. The van der Waals surface area contributed by atoms with Gasteiger partial charge in [-0.05, 0) is 53.1 Å². The van der Waals surface area contributed by atoms with Gasteiger partial charge in [0.15, 0.2) is 0 Å². The van der Waals surface area contributed by atoms with Crippen molar-refractivity contribution >= 4 is 21.8 Å². The molecule has 1 heterocycles. The highest BCUT2D eigenvalue weighted by atomic mass is 15.0. The first-order chi connectivity index (χ1) is 16.3. The van der Waals surface area contributed by atoms with Crippen molar-refractivity contribution in [2.45, 2.75) is 0 Å². The van der Waals surface area contributed by atoms with Crippen molar-refractivity contribution < 1.29 is 0 Å². The van der Waals surface area contributed by atoms with Crippen molar-refractivity contribution in [3.8, 4) is 34.0 Å². The van der Waals surface area contributed by atoms with E-state index in [0.29, 0.717) is 5.56 Å². The summed E-state index contributed by atoms with van der Waals surface area (Å²) >= 11 is 0. The van der Waals surface area contributed by atoms with E-state index in [2.05, 4.69) is 102 Å². The first-order valence-corrected chi connectivity index (χ1v) is 11.0. The van der Waals surface area contributed by atoms with E-state index in [4.69, 9.17) is 0 Å². The molecule has 6 aromatic rings. The molecule has 0 aliphatic heterocycles. The minimum atomic E-state index is 0.656. The summed E-state index contributed by atoms with van der Waals surface area (Å²) in [6, 6.07) is 44.2. The number of para-hydroxylation sites is 3. The van der Waals surface area contributed by atoms with Crippen LogP contribution in [0.15, 0.2) is 121 Å². The van der Waals surface area contributed by atoms with E-state index >= 15 is 0 Å². The fourth-order valence-electron chi connectivity index (χ4n) is 4.74. The van der Waals surface area contributed by atoms with Gasteiger partial charge in [-0.3, -0.25) is 0 Å². The number of nitriles is 1. The Balaban J connectivity index is 1.65. The van der Waals surface area contributed by atoms with Crippen LogP contribution in [0.1, 0.15) is 5.56 Å². The molecule has 0 radical (unpaired) electrons. The highest BCUT2D eigenvalue weighted by Gasteiger charge is 2.15. The van der Waals surface area contributed by atoms with Crippen LogP contribution in [-0.4, -0.2) is 4.57 Å². The second kappa shape index (κ2) is 7.82.